The minimum absolute atomic E-state index is 0.120. The van der Waals surface area contributed by atoms with Crippen LogP contribution in [-0.4, -0.2) is 20.9 Å². The molecule has 0 spiro atoms. The summed E-state index contributed by atoms with van der Waals surface area (Å²) in [6.07, 6.45) is 0.830. The highest BCUT2D eigenvalue weighted by atomic mass is 32.2. The van der Waals surface area contributed by atoms with E-state index < -0.39 is 15.9 Å². The van der Waals surface area contributed by atoms with E-state index in [-0.39, 0.29) is 11.4 Å². The van der Waals surface area contributed by atoms with Crippen LogP contribution < -0.4 is 14.4 Å². The molecule has 4 aromatic carbocycles. The van der Waals surface area contributed by atoms with Crippen molar-refractivity contribution in [3.63, 3.8) is 0 Å². The number of amides is 1. The van der Waals surface area contributed by atoms with Gasteiger partial charge in [-0.05, 0) is 72.6 Å². The molecule has 0 unspecified atom stereocenters. The Balaban J connectivity index is 1.52. The third kappa shape index (κ3) is 6.07. The molecule has 0 aliphatic carbocycles. The van der Waals surface area contributed by atoms with Gasteiger partial charge in [0.25, 0.3) is 10.0 Å². The number of carbonyl (C=O) groups is 1. The van der Waals surface area contributed by atoms with Gasteiger partial charge in [-0.2, -0.15) is 0 Å². The van der Waals surface area contributed by atoms with Crippen molar-refractivity contribution < 1.29 is 17.9 Å². The largest absolute Gasteiger partial charge is 0.457 e. The van der Waals surface area contributed by atoms with E-state index in [9.17, 15) is 13.2 Å². The summed E-state index contributed by atoms with van der Waals surface area (Å²) < 4.78 is 33.7. The molecule has 1 amide bonds. The molecular formula is C28H26N2O4S. The predicted molar refractivity (Wildman–Crippen MR) is 138 cm³/mol. The van der Waals surface area contributed by atoms with Crippen LogP contribution in [0.3, 0.4) is 0 Å². The quantitative estimate of drug-likeness (QED) is 0.321. The molecule has 178 valence electrons. The maximum atomic E-state index is 13.4. The molecule has 6 nitrogen and oxygen atoms in total. The highest BCUT2D eigenvalue weighted by molar-refractivity contribution is 7.92. The van der Waals surface area contributed by atoms with Gasteiger partial charge in [-0.1, -0.05) is 55.5 Å². The topological polar surface area (TPSA) is 75.7 Å². The predicted octanol–water partition coefficient (Wildman–Crippen LogP) is 5.88. The van der Waals surface area contributed by atoms with Crippen LogP contribution >= 0.6 is 0 Å². The number of anilines is 2. The van der Waals surface area contributed by atoms with Crippen LogP contribution in [0.4, 0.5) is 11.4 Å². The number of para-hydroxylation sites is 1. The van der Waals surface area contributed by atoms with Gasteiger partial charge >= 0.3 is 0 Å². The van der Waals surface area contributed by atoms with Crippen LogP contribution in [0, 0.1) is 0 Å². The average molecular weight is 487 g/mol. The third-order valence-corrected chi connectivity index (χ3v) is 7.16. The number of rotatable bonds is 9. The van der Waals surface area contributed by atoms with E-state index in [0.29, 0.717) is 22.9 Å². The number of nitrogens with zero attached hydrogens (tertiary/aromatic N) is 1. The van der Waals surface area contributed by atoms with Gasteiger partial charge in [0.05, 0.1) is 10.6 Å². The summed E-state index contributed by atoms with van der Waals surface area (Å²) in [7, 11) is -3.95. The Bertz CT molecular complexity index is 1360. The van der Waals surface area contributed by atoms with Crippen LogP contribution in [0.1, 0.15) is 12.5 Å². The highest BCUT2D eigenvalue weighted by Gasteiger charge is 2.27. The lowest BCUT2D eigenvalue weighted by atomic mass is 10.1. The molecule has 0 saturated heterocycles. The van der Waals surface area contributed by atoms with Crippen molar-refractivity contribution in [3.05, 3.63) is 115 Å². The summed E-state index contributed by atoms with van der Waals surface area (Å²) in [4.78, 5) is 13.0. The fourth-order valence-corrected chi connectivity index (χ4v) is 4.94. The van der Waals surface area contributed by atoms with Crippen LogP contribution in [-0.2, 0) is 21.2 Å². The molecule has 4 rings (SSSR count). The second kappa shape index (κ2) is 10.9. The molecule has 0 aliphatic rings. The molecule has 0 saturated carbocycles. The molecular weight excluding hydrogens is 460 g/mol. The van der Waals surface area contributed by atoms with Crippen LogP contribution in [0.5, 0.6) is 11.5 Å². The van der Waals surface area contributed by atoms with Gasteiger partial charge in [-0.25, -0.2) is 8.42 Å². The smallest absolute Gasteiger partial charge is 0.264 e. The summed E-state index contributed by atoms with van der Waals surface area (Å²) in [6, 6.07) is 31.6. The second-order valence-corrected chi connectivity index (χ2v) is 9.69. The van der Waals surface area contributed by atoms with Crippen molar-refractivity contribution in [2.75, 3.05) is 16.2 Å². The summed E-state index contributed by atoms with van der Waals surface area (Å²) >= 11 is 0. The molecule has 0 heterocycles. The molecule has 0 atom stereocenters. The molecule has 0 aliphatic heterocycles. The summed E-state index contributed by atoms with van der Waals surface area (Å²) in [5, 5.41) is 2.78. The zero-order valence-corrected chi connectivity index (χ0v) is 20.1. The van der Waals surface area contributed by atoms with Gasteiger partial charge in [-0.3, -0.25) is 9.10 Å². The SMILES string of the molecule is CCc1ccc(N(CC(=O)Nc2ccc(Oc3ccccc3)cc2)S(=O)(=O)c2ccccc2)cc1. The zero-order chi connectivity index (χ0) is 24.7. The van der Waals surface area contributed by atoms with Crippen LogP contribution in [0.15, 0.2) is 114 Å². The fraction of sp³-hybridized carbons (Fsp3) is 0.107. The van der Waals surface area contributed by atoms with Gasteiger partial charge in [0, 0.05) is 5.69 Å². The van der Waals surface area contributed by atoms with Crippen molar-refractivity contribution in [1.29, 1.82) is 0 Å². The first-order valence-electron chi connectivity index (χ1n) is 11.3. The second-order valence-electron chi connectivity index (χ2n) is 7.83. The number of hydrogen-bond donors (Lipinski definition) is 1. The Morgan fingerprint density at radius 3 is 1.94 bits per heavy atom. The van der Waals surface area contributed by atoms with Crippen molar-refractivity contribution in [1.82, 2.24) is 0 Å². The Morgan fingerprint density at radius 1 is 0.771 bits per heavy atom. The van der Waals surface area contributed by atoms with E-state index in [1.807, 2.05) is 49.4 Å². The number of aryl methyl sites for hydroxylation is 1. The molecule has 35 heavy (non-hydrogen) atoms. The average Bonchev–Trinajstić information content (AvgIpc) is 2.89. The van der Waals surface area contributed by atoms with Crippen LogP contribution in [0.25, 0.3) is 0 Å². The number of hydrogen-bond acceptors (Lipinski definition) is 4. The van der Waals surface area contributed by atoms with Crippen molar-refractivity contribution in [3.8, 4) is 11.5 Å². The minimum Gasteiger partial charge on any atom is -0.457 e. The Hall–Kier alpha value is -4.10. The molecule has 7 heteroatoms. The van der Waals surface area contributed by atoms with Crippen LogP contribution in [0.2, 0.25) is 0 Å². The monoisotopic (exact) mass is 486 g/mol. The highest BCUT2D eigenvalue weighted by Crippen LogP contribution is 2.25. The van der Waals surface area contributed by atoms with E-state index in [0.717, 1.165) is 16.3 Å². The maximum absolute atomic E-state index is 13.4. The maximum Gasteiger partial charge on any atom is 0.264 e. The van der Waals surface area contributed by atoms with Crippen molar-refractivity contribution in [2.24, 2.45) is 0 Å². The first-order chi connectivity index (χ1) is 17.0. The molecule has 0 fully saturated rings. The van der Waals surface area contributed by atoms with Gasteiger partial charge in [0.2, 0.25) is 5.91 Å². The Morgan fingerprint density at radius 2 is 1.34 bits per heavy atom. The molecule has 4 aromatic rings. The van der Waals surface area contributed by atoms with Gasteiger partial charge in [-0.15, -0.1) is 0 Å². The summed E-state index contributed by atoms with van der Waals surface area (Å²) in [5.41, 5.74) is 2.04. The Labute approximate surface area is 205 Å². The molecule has 0 aromatic heterocycles. The first-order valence-corrected chi connectivity index (χ1v) is 12.7. The molecule has 0 bridgehead atoms. The van der Waals surface area contributed by atoms with Gasteiger partial charge in [0.15, 0.2) is 0 Å². The van der Waals surface area contributed by atoms with Crippen molar-refractivity contribution in [2.45, 2.75) is 18.2 Å². The number of nitrogens with one attached hydrogen (secondary N) is 1. The normalized spacial score (nSPS) is 11.0. The summed E-state index contributed by atoms with van der Waals surface area (Å²) in [6.45, 7) is 1.65. The Kier molecular flexibility index (Phi) is 7.48. The van der Waals surface area contributed by atoms with E-state index in [1.165, 1.54) is 12.1 Å². The molecule has 0 radical (unpaired) electrons. The van der Waals surface area contributed by atoms with Gasteiger partial charge < -0.3 is 10.1 Å². The number of benzene rings is 4. The molecule has 1 N–H and O–H groups in total. The lowest BCUT2D eigenvalue weighted by molar-refractivity contribution is -0.114. The lowest BCUT2D eigenvalue weighted by Crippen LogP contribution is -2.38. The van der Waals surface area contributed by atoms with E-state index in [4.69, 9.17) is 4.74 Å². The first kappa shape index (κ1) is 24.0. The minimum atomic E-state index is -3.95. The lowest BCUT2D eigenvalue weighted by Gasteiger charge is -2.24. The number of sulfonamides is 1. The number of ether oxygens (including phenoxy) is 1. The standard InChI is InChI=1S/C28H26N2O4S/c1-2-22-13-17-24(18-14-22)30(35(32,33)27-11-7-4-8-12-27)21-28(31)29-23-15-19-26(20-16-23)34-25-9-5-3-6-10-25/h3-20H,2,21H2,1H3,(H,29,31). The van der Waals surface area contributed by atoms with E-state index in [2.05, 4.69) is 5.32 Å². The van der Waals surface area contributed by atoms with E-state index in [1.54, 1.807) is 54.6 Å². The van der Waals surface area contributed by atoms with E-state index >= 15 is 0 Å². The third-order valence-electron chi connectivity index (χ3n) is 5.37. The van der Waals surface area contributed by atoms with Gasteiger partial charge in [0.1, 0.15) is 18.0 Å². The summed E-state index contributed by atoms with van der Waals surface area (Å²) in [5.74, 6) is 0.874. The fourth-order valence-electron chi connectivity index (χ4n) is 3.49. The van der Waals surface area contributed by atoms with Crippen molar-refractivity contribution >= 4 is 27.3 Å². The number of carbonyl (C=O) groups excluding carboxylic acids is 1. The zero-order valence-electron chi connectivity index (χ0n) is 19.3.